The highest BCUT2D eigenvalue weighted by molar-refractivity contribution is 5.70. The van der Waals surface area contributed by atoms with Crippen molar-refractivity contribution >= 4 is 11.9 Å². The van der Waals surface area contributed by atoms with Gasteiger partial charge in [0.1, 0.15) is 0 Å². The van der Waals surface area contributed by atoms with Crippen LogP contribution in [0.3, 0.4) is 0 Å². The van der Waals surface area contributed by atoms with Crippen LogP contribution in [0.4, 0.5) is 0 Å². The van der Waals surface area contributed by atoms with Gasteiger partial charge in [-0.25, -0.2) is 0 Å². The number of aliphatic hydroxyl groups excluding tert-OH is 1. The molecule has 0 saturated carbocycles. The summed E-state index contributed by atoms with van der Waals surface area (Å²) in [6.45, 7) is 1.60. The number of carboxylic acid groups (broad SMARTS) is 1. The molecule has 0 spiro atoms. The molecule has 0 aliphatic rings. The first-order valence-corrected chi connectivity index (χ1v) is 3.94. The summed E-state index contributed by atoms with van der Waals surface area (Å²) in [6.07, 6.45) is -1.32. The lowest BCUT2D eigenvalue weighted by Crippen LogP contribution is -2.24. The summed E-state index contributed by atoms with van der Waals surface area (Å²) in [4.78, 5) is 20.9. The largest absolute Gasteiger partial charge is 0.481 e. The Balaban J connectivity index is 3.88. The number of rotatable bonds is 5. The van der Waals surface area contributed by atoms with Crippen molar-refractivity contribution in [3.8, 4) is 0 Å². The summed E-state index contributed by atoms with van der Waals surface area (Å²) in [5.41, 5.74) is 0. The number of esters is 1. The third kappa shape index (κ3) is 5.19. The highest BCUT2D eigenvalue weighted by Crippen LogP contribution is 2.11. The Kier molecular flexibility index (Phi) is 5.06. The number of carbonyl (C=O) groups excluding carboxylic acids is 1. The van der Waals surface area contributed by atoms with E-state index in [9.17, 15) is 14.7 Å². The van der Waals surface area contributed by atoms with Crippen LogP contribution >= 0.6 is 0 Å². The number of methoxy groups -OCH3 is 1. The van der Waals surface area contributed by atoms with Crippen LogP contribution < -0.4 is 0 Å². The van der Waals surface area contributed by atoms with Crippen LogP contribution in [0.5, 0.6) is 0 Å². The van der Waals surface area contributed by atoms with Crippen LogP contribution in [-0.2, 0) is 14.3 Å². The second-order valence-corrected chi connectivity index (χ2v) is 2.92. The zero-order valence-electron chi connectivity index (χ0n) is 7.69. The summed E-state index contributed by atoms with van der Waals surface area (Å²) >= 11 is 0. The number of ether oxygens (including phenoxy) is 1. The number of aliphatic carboxylic acids is 1. The van der Waals surface area contributed by atoms with Gasteiger partial charge in [0, 0.05) is 0 Å². The summed E-state index contributed by atoms with van der Waals surface area (Å²) in [6, 6.07) is 0. The van der Waals surface area contributed by atoms with Crippen molar-refractivity contribution in [3.63, 3.8) is 0 Å². The lowest BCUT2D eigenvalue weighted by atomic mass is 9.98. The predicted molar refractivity (Wildman–Crippen MR) is 44.1 cm³/mol. The fourth-order valence-corrected chi connectivity index (χ4v) is 0.862. The topological polar surface area (TPSA) is 83.8 Å². The van der Waals surface area contributed by atoms with Gasteiger partial charge in [-0.1, -0.05) is 6.92 Å². The maximum Gasteiger partial charge on any atom is 0.305 e. The first-order valence-electron chi connectivity index (χ1n) is 3.94. The Hall–Kier alpha value is -1.10. The number of hydrogen-bond acceptors (Lipinski definition) is 4. The maximum atomic E-state index is 10.7. The van der Waals surface area contributed by atoms with Crippen molar-refractivity contribution in [1.82, 2.24) is 0 Å². The summed E-state index contributed by atoms with van der Waals surface area (Å²) in [7, 11) is 1.25. The van der Waals surface area contributed by atoms with Crippen LogP contribution in [0.15, 0.2) is 0 Å². The molecule has 5 nitrogen and oxygen atoms in total. The molecule has 0 aliphatic heterocycles. The fourth-order valence-electron chi connectivity index (χ4n) is 0.862. The third-order valence-electron chi connectivity index (χ3n) is 1.76. The molecule has 0 aromatic heterocycles. The van der Waals surface area contributed by atoms with E-state index in [0.29, 0.717) is 0 Å². The molecule has 5 heteroatoms. The molecule has 0 amide bonds. The number of carbonyl (C=O) groups is 2. The van der Waals surface area contributed by atoms with E-state index >= 15 is 0 Å². The van der Waals surface area contributed by atoms with Crippen LogP contribution in [-0.4, -0.2) is 35.4 Å². The van der Waals surface area contributed by atoms with Gasteiger partial charge in [0.2, 0.25) is 0 Å². The third-order valence-corrected chi connectivity index (χ3v) is 1.76. The average Bonchev–Trinajstić information content (AvgIpc) is 2.02. The van der Waals surface area contributed by atoms with E-state index in [0.717, 1.165) is 0 Å². The maximum absolute atomic E-state index is 10.7. The van der Waals surface area contributed by atoms with Crippen molar-refractivity contribution < 1.29 is 24.5 Å². The van der Waals surface area contributed by atoms with Crippen molar-refractivity contribution in [2.45, 2.75) is 25.9 Å². The van der Waals surface area contributed by atoms with E-state index in [-0.39, 0.29) is 12.8 Å². The van der Waals surface area contributed by atoms with E-state index in [1.165, 1.54) is 7.11 Å². The number of carboxylic acids is 1. The molecular weight excluding hydrogens is 176 g/mol. The molecule has 0 rings (SSSR count). The Morgan fingerprint density at radius 2 is 1.92 bits per heavy atom. The first kappa shape index (κ1) is 11.9. The van der Waals surface area contributed by atoms with Gasteiger partial charge >= 0.3 is 11.9 Å². The smallest absolute Gasteiger partial charge is 0.305 e. The molecule has 0 bridgehead atoms. The van der Waals surface area contributed by atoms with Gasteiger partial charge in [-0.2, -0.15) is 0 Å². The Morgan fingerprint density at radius 1 is 1.38 bits per heavy atom. The normalized spacial score (nSPS) is 14.7. The molecule has 2 N–H and O–H groups in total. The summed E-state index contributed by atoms with van der Waals surface area (Å²) in [5, 5.41) is 17.6. The summed E-state index contributed by atoms with van der Waals surface area (Å²) < 4.78 is 4.38. The monoisotopic (exact) mass is 190 g/mol. The van der Waals surface area contributed by atoms with Gasteiger partial charge in [0.25, 0.3) is 0 Å². The molecule has 0 saturated heterocycles. The molecule has 0 heterocycles. The number of aliphatic hydroxyl groups is 1. The van der Waals surface area contributed by atoms with Crippen LogP contribution in [0, 0.1) is 5.92 Å². The quantitative estimate of drug-likeness (QED) is 0.597. The van der Waals surface area contributed by atoms with Crippen LogP contribution in [0.25, 0.3) is 0 Å². The molecule has 0 unspecified atom stereocenters. The summed E-state index contributed by atoms with van der Waals surface area (Å²) in [5.74, 6) is -1.93. The van der Waals surface area contributed by atoms with Crippen molar-refractivity contribution in [2.75, 3.05) is 7.11 Å². The number of hydrogen-bond donors (Lipinski definition) is 2. The van der Waals surface area contributed by atoms with E-state index in [4.69, 9.17) is 5.11 Å². The minimum Gasteiger partial charge on any atom is -0.481 e. The zero-order chi connectivity index (χ0) is 10.4. The average molecular weight is 190 g/mol. The highest BCUT2D eigenvalue weighted by Gasteiger charge is 2.20. The molecule has 0 aliphatic carbocycles. The molecule has 13 heavy (non-hydrogen) atoms. The molecular formula is C8H14O5. The van der Waals surface area contributed by atoms with Crippen molar-refractivity contribution in [2.24, 2.45) is 5.92 Å². The van der Waals surface area contributed by atoms with Gasteiger partial charge < -0.3 is 14.9 Å². The lowest BCUT2D eigenvalue weighted by molar-refractivity contribution is -0.145. The molecule has 0 aromatic carbocycles. The molecule has 2 atom stereocenters. The van der Waals surface area contributed by atoms with E-state index in [1.807, 2.05) is 0 Å². The molecule has 0 fully saturated rings. The first-order chi connectivity index (χ1) is 5.97. The molecule has 76 valence electrons. The van der Waals surface area contributed by atoms with Gasteiger partial charge in [0.15, 0.2) is 0 Å². The van der Waals surface area contributed by atoms with Crippen LogP contribution in [0.1, 0.15) is 19.8 Å². The highest BCUT2D eigenvalue weighted by atomic mass is 16.5. The Labute approximate surface area is 76.3 Å². The van der Waals surface area contributed by atoms with E-state index in [1.54, 1.807) is 6.92 Å². The second-order valence-electron chi connectivity index (χ2n) is 2.92. The molecule has 0 aromatic rings. The van der Waals surface area contributed by atoms with Crippen molar-refractivity contribution in [3.05, 3.63) is 0 Å². The second kappa shape index (κ2) is 5.53. The van der Waals surface area contributed by atoms with Gasteiger partial charge in [-0.05, 0) is 5.92 Å². The van der Waals surface area contributed by atoms with Crippen molar-refractivity contribution in [1.29, 1.82) is 0 Å². The standard InChI is InChI=1S/C8H14O5/c1-5(3-8(12)13-2)6(9)4-7(10)11/h5-6,9H,3-4H2,1-2H3,(H,10,11)/t5-,6-/m1/s1. The van der Waals surface area contributed by atoms with E-state index < -0.39 is 24.0 Å². The fraction of sp³-hybridized carbons (Fsp3) is 0.750. The SMILES string of the molecule is COC(=O)C[C@@H](C)[C@H](O)CC(=O)O. The lowest BCUT2D eigenvalue weighted by Gasteiger charge is -2.15. The molecule has 0 radical (unpaired) electrons. The van der Waals surface area contributed by atoms with E-state index in [2.05, 4.69) is 4.74 Å². The Bertz CT molecular complexity index is 189. The predicted octanol–water partition coefficient (Wildman–Crippen LogP) is 0.0212. The van der Waals surface area contributed by atoms with Gasteiger partial charge in [0.05, 0.1) is 26.1 Å². The Morgan fingerprint density at radius 3 is 2.31 bits per heavy atom. The zero-order valence-corrected chi connectivity index (χ0v) is 7.69. The van der Waals surface area contributed by atoms with Gasteiger partial charge in [-0.3, -0.25) is 9.59 Å². The minimum absolute atomic E-state index is 0.0327. The van der Waals surface area contributed by atoms with Gasteiger partial charge in [-0.15, -0.1) is 0 Å². The van der Waals surface area contributed by atoms with Crippen LogP contribution in [0.2, 0.25) is 0 Å². The minimum atomic E-state index is -1.08.